The summed E-state index contributed by atoms with van der Waals surface area (Å²) in [6, 6.07) is 0. The summed E-state index contributed by atoms with van der Waals surface area (Å²) in [4.78, 5) is 24.9. The number of ether oxygens (including phenoxy) is 1. The number of likely N-dealkylation sites (tertiary alicyclic amines) is 1. The topological polar surface area (TPSA) is 72.6 Å². The van der Waals surface area contributed by atoms with Crippen molar-refractivity contribution in [2.75, 3.05) is 26.7 Å². The molecule has 0 radical (unpaired) electrons. The molecule has 92 valence electrons. The largest absolute Gasteiger partial charge is 0.469 e. The van der Waals surface area contributed by atoms with Crippen molar-refractivity contribution in [3.8, 4) is 0 Å². The van der Waals surface area contributed by atoms with Crippen molar-refractivity contribution in [2.45, 2.75) is 25.7 Å². The molecule has 1 aliphatic rings. The molecule has 1 atom stereocenters. The maximum Gasteiger partial charge on any atom is 0.310 e. The number of carbonyl (C=O) groups excluding carboxylic acids is 2. The summed E-state index contributed by atoms with van der Waals surface area (Å²) >= 11 is 0. The molecule has 5 heteroatoms. The fourth-order valence-electron chi connectivity index (χ4n) is 1.97. The molecule has 0 bridgehead atoms. The van der Waals surface area contributed by atoms with Gasteiger partial charge in [-0.2, -0.15) is 0 Å². The van der Waals surface area contributed by atoms with E-state index in [1.54, 1.807) is 4.90 Å². The van der Waals surface area contributed by atoms with Crippen LogP contribution in [0.15, 0.2) is 0 Å². The van der Waals surface area contributed by atoms with Gasteiger partial charge in [0, 0.05) is 19.5 Å². The van der Waals surface area contributed by atoms with Crippen molar-refractivity contribution in [1.82, 2.24) is 4.90 Å². The van der Waals surface area contributed by atoms with Crippen molar-refractivity contribution in [1.29, 1.82) is 0 Å². The predicted molar refractivity (Wildman–Crippen MR) is 59.6 cm³/mol. The van der Waals surface area contributed by atoms with Crippen LogP contribution in [0, 0.1) is 5.92 Å². The van der Waals surface area contributed by atoms with E-state index in [4.69, 9.17) is 10.5 Å². The first-order valence-corrected chi connectivity index (χ1v) is 5.74. The van der Waals surface area contributed by atoms with Gasteiger partial charge in [0.25, 0.3) is 0 Å². The summed E-state index contributed by atoms with van der Waals surface area (Å²) in [5.41, 5.74) is 5.36. The Balaban J connectivity index is 2.43. The number of hydrogen-bond acceptors (Lipinski definition) is 4. The summed E-state index contributed by atoms with van der Waals surface area (Å²) in [6.45, 7) is 1.77. The Morgan fingerprint density at radius 1 is 1.50 bits per heavy atom. The lowest BCUT2D eigenvalue weighted by molar-refractivity contribution is -0.149. The van der Waals surface area contributed by atoms with Crippen molar-refractivity contribution in [2.24, 2.45) is 11.7 Å². The molecule has 1 unspecified atom stereocenters. The van der Waals surface area contributed by atoms with Gasteiger partial charge in [0.05, 0.1) is 13.0 Å². The second kappa shape index (κ2) is 6.48. The molecular formula is C11H20N2O3. The molecule has 1 saturated heterocycles. The minimum Gasteiger partial charge on any atom is -0.469 e. The minimum atomic E-state index is -0.212. The van der Waals surface area contributed by atoms with E-state index < -0.39 is 0 Å². The van der Waals surface area contributed by atoms with Gasteiger partial charge in [0.15, 0.2) is 0 Å². The Morgan fingerprint density at radius 3 is 2.88 bits per heavy atom. The number of methoxy groups -OCH3 is 1. The lowest BCUT2D eigenvalue weighted by Gasteiger charge is -2.31. The van der Waals surface area contributed by atoms with Crippen LogP contribution in [0.4, 0.5) is 0 Å². The van der Waals surface area contributed by atoms with Crippen LogP contribution in [0.2, 0.25) is 0 Å². The summed E-state index contributed by atoms with van der Waals surface area (Å²) < 4.78 is 4.70. The van der Waals surface area contributed by atoms with Crippen LogP contribution in [-0.4, -0.2) is 43.5 Å². The molecule has 0 aromatic rings. The second-order valence-electron chi connectivity index (χ2n) is 4.09. The Labute approximate surface area is 95.9 Å². The summed E-state index contributed by atoms with van der Waals surface area (Å²) in [5, 5.41) is 0. The maximum absolute atomic E-state index is 11.7. The van der Waals surface area contributed by atoms with Crippen LogP contribution >= 0.6 is 0 Å². The quantitative estimate of drug-likeness (QED) is 0.694. The average molecular weight is 228 g/mol. The van der Waals surface area contributed by atoms with Gasteiger partial charge >= 0.3 is 5.97 Å². The third-order valence-electron chi connectivity index (χ3n) is 2.90. The first-order chi connectivity index (χ1) is 7.69. The number of piperidine rings is 1. The molecule has 0 spiro atoms. The number of carbonyl (C=O) groups is 2. The highest BCUT2D eigenvalue weighted by molar-refractivity contribution is 5.78. The standard InChI is InChI=1S/C11H20N2O3/c1-16-11(15)9-4-3-7-13(8-9)10(14)5-2-6-12/h9H,2-8,12H2,1H3. The molecule has 16 heavy (non-hydrogen) atoms. The van der Waals surface area contributed by atoms with Crippen molar-refractivity contribution in [3.63, 3.8) is 0 Å². The molecule has 0 aromatic carbocycles. The number of esters is 1. The first-order valence-electron chi connectivity index (χ1n) is 5.74. The zero-order chi connectivity index (χ0) is 12.0. The summed E-state index contributed by atoms with van der Waals surface area (Å²) in [7, 11) is 1.39. The van der Waals surface area contributed by atoms with Gasteiger partial charge in [-0.25, -0.2) is 0 Å². The van der Waals surface area contributed by atoms with Gasteiger partial charge < -0.3 is 15.4 Å². The van der Waals surface area contributed by atoms with Gasteiger partial charge in [0.1, 0.15) is 0 Å². The molecule has 1 fully saturated rings. The number of hydrogen-bond donors (Lipinski definition) is 1. The Morgan fingerprint density at radius 2 is 2.25 bits per heavy atom. The third-order valence-corrected chi connectivity index (χ3v) is 2.90. The summed E-state index contributed by atoms with van der Waals surface area (Å²) in [5.74, 6) is -0.268. The molecule has 0 aliphatic carbocycles. The molecule has 1 heterocycles. The van der Waals surface area contributed by atoms with Crippen LogP contribution in [0.3, 0.4) is 0 Å². The molecule has 0 aromatic heterocycles. The Hall–Kier alpha value is -1.10. The van der Waals surface area contributed by atoms with Gasteiger partial charge in [-0.3, -0.25) is 9.59 Å². The third kappa shape index (κ3) is 3.48. The lowest BCUT2D eigenvalue weighted by Crippen LogP contribution is -2.42. The highest BCUT2D eigenvalue weighted by atomic mass is 16.5. The van der Waals surface area contributed by atoms with Crippen molar-refractivity contribution in [3.05, 3.63) is 0 Å². The molecular weight excluding hydrogens is 208 g/mol. The normalized spacial score (nSPS) is 20.6. The highest BCUT2D eigenvalue weighted by Gasteiger charge is 2.28. The number of nitrogens with two attached hydrogens (primary N) is 1. The number of rotatable bonds is 4. The van der Waals surface area contributed by atoms with E-state index in [-0.39, 0.29) is 17.8 Å². The minimum absolute atomic E-state index is 0.0963. The maximum atomic E-state index is 11.7. The first kappa shape index (κ1) is 13.0. The molecule has 1 rings (SSSR count). The zero-order valence-corrected chi connectivity index (χ0v) is 9.78. The number of amides is 1. The molecule has 1 aliphatic heterocycles. The summed E-state index contributed by atoms with van der Waals surface area (Å²) in [6.07, 6.45) is 2.87. The average Bonchev–Trinajstić information content (AvgIpc) is 2.35. The smallest absolute Gasteiger partial charge is 0.310 e. The van der Waals surface area contributed by atoms with Gasteiger partial charge in [0.2, 0.25) is 5.91 Å². The zero-order valence-electron chi connectivity index (χ0n) is 9.78. The van der Waals surface area contributed by atoms with Crippen molar-refractivity contribution >= 4 is 11.9 Å². The Bertz CT molecular complexity index is 256. The van der Waals surface area contributed by atoms with E-state index in [2.05, 4.69) is 0 Å². The van der Waals surface area contributed by atoms with Crippen LogP contribution in [-0.2, 0) is 14.3 Å². The van der Waals surface area contributed by atoms with Crippen molar-refractivity contribution < 1.29 is 14.3 Å². The molecule has 1 amide bonds. The second-order valence-corrected chi connectivity index (χ2v) is 4.09. The van der Waals surface area contributed by atoms with E-state index in [1.807, 2.05) is 0 Å². The molecule has 0 saturated carbocycles. The molecule has 5 nitrogen and oxygen atoms in total. The van der Waals surface area contributed by atoms with Crippen LogP contribution in [0.5, 0.6) is 0 Å². The highest BCUT2D eigenvalue weighted by Crippen LogP contribution is 2.18. The van der Waals surface area contributed by atoms with Gasteiger partial charge in [-0.1, -0.05) is 0 Å². The van der Waals surface area contributed by atoms with Crippen LogP contribution in [0.25, 0.3) is 0 Å². The van der Waals surface area contributed by atoms with E-state index in [0.717, 1.165) is 19.4 Å². The monoisotopic (exact) mass is 228 g/mol. The number of nitrogens with zero attached hydrogens (tertiary/aromatic N) is 1. The van der Waals surface area contributed by atoms with E-state index in [1.165, 1.54) is 7.11 Å². The SMILES string of the molecule is COC(=O)C1CCCN(C(=O)CCCN)C1. The fraction of sp³-hybridized carbons (Fsp3) is 0.818. The van der Waals surface area contributed by atoms with E-state index in [9.17, 15) is 9.59 Å². The predicted octanol–water partition coefficient (Wildman–Crippen LogP) is 0.137. The van der Waals surface area contributed by atoms with Gasteiger partial charge in [-0.05, 0) is 25.8 Å². The lowest BCUT2D eigenvalue weighted by atomic mass is 9.98. The van der Waals surface area contributed by atoms with Crippen LogP contribution < -0.4 is 5.73 Å². The van der Waals surface area contributed by atoms with Crippen LogP contribution in [0.1, 0.15) is 25.7 Å². The van der Waals surface area contributed by atoms with E-state index >= 15 is 0 Å². The van der Waals surface area contributed by atoms with Gasteiger partial charge in [-0.15, -0.1) is 0 Å². The Kier molecular flexibility index (Phi) is 5.25. The fourth-order valence-corrected chi connectivity index (χ4v) is 1.97. The van der Waals surface area contributed by atoms with E-state index in [0.29, 0.717) is 25.9 Å². The molecule has 2 N–H and O–H groups in total.